The molecule has 2 aromatic heterocycles. The molecule has 1 saturated carbocycles. The number of nitrogens with one attached hydrogen (secondary N) is 1. The van der Waals surface area contributed by atoms with Gasteiger partial charge in [0, 0.05) is 23.6 Å². The highest BCUT2D eigenvalue weighted by atomic mass is 16.5. The SMILES string of the molecule is CC(Oc1ccc2ccc(=O)oc2c1)C(=O)NCc1nncn1C1CCCCC1. The van der Waals surface area contributed by atoms with Crippen LogP contribution in [-0.2, 0) is 11.3 Å². The van der Waals surface area contributed by atoms with Gasteiger partial charge in [0.2, 0.25) is 0 Å². The van der Waals surface area contributed by atoms with Gasteiger partial charge in [-0.3, -0.25) is 4.79 Å². The third-order valence-corrected chi connectivity index (χ3v) is 5.31. The van der Waals surface area contributed by atoms with E-state index in [0.717, 1.165) is 24.1 Å². The minimum atomic E-state index is -0.714. The molecule has 0 aliphatic heterocycles. The molecule has 8 heteroatoms. The second kappa shape index (κ2) is 8.46. The van der Waals surface area contributed by atoms with Crippen LogP contribution in [0.4, 0.5) is 0 Å². The van der Waals surface area contributed by atoms with Crippen LogP contribution < -0.4 is 15.7 Å². The average Bonchev–Trinajstić information content (AvgIpc) is 3.21. The maximum absolute atomic E-state index is 12.5. The Morgan fingerprint density at radius 3 is 2.90 bits per heavy atom. The monoisotopic (exact) mass is 396 g/mol. The second-order valence-electron chi connectivity index (χ2n) is 7.38. The van der Waals surface area contributed by atoms with Crippen molar-refractivity contribution in [2.45, 2.75) is 57.7 Å². The van der Waals surface area contributed by atoms with Gasteiger partial charge in [0.1, 0.15) is 17.7 Å². The van der Waals surface area contributed by atoms with E-state index in [1.165, 1.54) is 25.3 Å². The van der Waals surface area contributed by atoms with Crippen LogP contribution in [0, 0.1) is 0 Å². The van der Waals surface area contributed by atoms with E-state index < -0.39 is 11.7 Å². The molecule has 0 bridgehead atoms. The minimum absolute atomic E-state index is 0.252. The highest BCUT2D eigenvalue weighted by Crippen LogP contribution is 2.28. The molecular formula is C21H24N4O4. The molecule has 0 radical (unpaired) electrons. The highest BCUT2D eigenvalue weighted by Gasteiger charge is 2.20. The van der Waals surface area contributed by atoms with Crippen LogP contribution >= 0.6 is 0 Å². The lowest BCUT2D eigenvalue weighted by atomic mass is 9.95. The Hall–Kier alpha value is -3.16. The average molecular weight is 396 g/mol. The maximum Gasteiger partial charge on any atom is 0.336 e. The van der Waals surface area contributed by atoms with Crippen LogP contribution in [0.15, 0.2) is 45.9 Å². The number of ether oxygens (including phenoxy) is 1. The molecule has 1 unspecified atom stereocenters. The fourth-order valence-electron chi connectivity index (χ4n) is 3.74. The van der Waals surface area contributed by atoms with Crippen molar-refractivity contribution in [2.75, 3.05) is 0 Å². The zero-order valence-electron chi connectivity index (χ0n) is 16.3. The van der Waals surface area contributed by atoms with Crippen molar-refractivity contribution in [3.8, 4) is 5.75 Å². The summed E-state index contributed by atoms with van der Waals surface area (Å²) in [6.07, 6.45) is 6.98. The molecule has 1 aromatic carbocycles. The smallest absolute Gasteiger partial charge is 0.336 e. The number of hydrogen-bond acceptors (Lipinski definition) is 6. The fraction of sp³-hybridized carbons (Fsp3) is 0.429. The number of aromatic nitrogens is 3. The van der Waals surface area contributed by atoms with Crippen LogP contribution in [0.25, 0.3) is 11.0 Å². The highest BCUT2D eigenvalue weighted by molar-refractivity contribution is 5.81. The molecule has 152 valence electrons. The molecule has 29 heavy (non-hydrogen) atoms. The van der Waals surface area contributed by atoms with Crippen molar-refractivity contribution < 1.29 is 13.9 Å². The summed E-state index contributed by atoms with van der Waals surface area (Å²) >= 11 is 0. The number of carbonyl (C=O) groups excluding carboxylic acids is 1. The van der Waals surface area contributed by atoms with Crippen LogP contribution in [0.3, 0.4) is 0 Å². The molecule has 4 rings (SSSR count). The largest absolute Gasteiger partial charge is 0.481 e. The number of amides is 1. The van der Waals surface area contributed by atoms with Crippen LogP contribution in [0.2, 0.25) is 0 Å². The number of nitrogens with zero attached hydrogens (tertiary/aromatic N) is 3. The van der Waals surface area contributed by atoms with Gasteiger partial charge < -0.3 is 19.0 Å². The molecule has 1 fully saturated rings. The quantitative estimate of drug-likeness (QED) is 0.643. The van der Waals surface area contributed by atoms with Gasteiger partial charge in [0.05, 0.1) is 6.54 Å². The maximum atomic E-state index is 12.5. The standard InChI is InChI=1S/C21H24N4O4/c1-14(28-17-9-7-15-8-10-20(26)29-18(15)11-17)21(27)22-12-19-24-23-13-25(19)16-5-3-2-4-6-16/h7-11,13-14,16H,2-6,12H2,1H3,(H,22,27). The Labute approximate surface area is 167 Å². The summed E-state index contributed by atoms with van der Waals surface area (Å²) in [6.45, 7) is 1.97. The summed E-state index contributed by atoms with van der Waals surface area (Å²) in [5, 5.41) is 11.8. The van der Waals surface area contributed by atoms with Gasteiger partial charge in [-0.05, 0) is 38.0 Å². The van der Waals surface area contributed by atoms with E-state index >= 15 is 0 Å². The van der Waals surface area contributed by atoms with Crippen LogP contribution in [0.5, 0.6) is 5.75 Å². The lowest BCUT2D eigenvalue weighted by molar-refractivity contribution is -0.127. The second-order valence-corrected chi connectivity index (χ2v) is 7.38. The van der Waals surface area contributed by atoms with Crippen molar-refractivity contribution in [2.24, 2.45) is 0 Å². The summed E-state index contributed by atoms with van der Waals surface area (Å²) < 4.78 is 13.0. The Kier molecular flexibility index (Phi) is 5.59. The normalized spacial score (nSPS) is 15.9. The summed E-state index contributed by atoms with van der Waals surface area (Å²) in [5.41, 5.74) is -0.00860. The van der Waals surface area contributed by atoms with E-state index in [2.05, 4.69) is 20.1 Å². The third-order valence-electron chi connectivity index (χ3n) is 5.31. The first-order valence-electron chi connectivity index (χ1n) is 9.97. The van der Waals surface area contributed by atoms with Gasteiger partial charge in [-0.15, -0.1) is 10.2 Å². The zero-order chi connectivity index (χ0) is 20.2. The molecule has 8 nitrogen and oxygen atoms in total. The Morgan fingerprint density at radius 1 is 1.28 bits per heavy atom. The summed E-state index contributed by atoms with van der Waals surface area (Å²) in [7, 11) is 0. The van der Waals surface area contributed by atoms with Gasteiger partial charge >= 0.3 is 5.63 Å². The van der Waals surface area contributed by atoms with Gasteiger partial charge in [-0.25, -0.2) is 4.79 Å². The van der Waals surface area contributed by atoms with Gasteiger partial charge in [-0.1, -0.05) is 19.3 Å². The van der Waals surface area contributed by atoms with Crippen molar-refractivity contribution >= 4 is 16.9 Å². The molecule has 1 N–H and O–H groups in total. The number of hydrogen-bond donors (Lipinski definition) is 1. The van der Waals surface area contributed by atoms with E-state index in [0.29, 0.717) is 23.9 Å². The summed E-state index contributed by atoms with van der Waals surface area (Å²) in [5.74, 6) is 0.961. The van der Waals surface area contributed by atoms with Crippen LogP contribution in [0.1, 0.15) is 50.9 Å². The molecule has 0 spiro atoms. The number of carbonyl (C=O) groups is 1. The van der Waals surface area contributed by atoms with Crippen molar-refractivity contribution in [1.29, 1.82) is 0 Å². The molecule has 1 atom stereocenters. The lowest BCUT2D eigenvalue weighted by Gasteiger charge is -2.24. The predicted molar refractivity (Wildman–Crippen MR) is 107 cm³/mol. The number of rotatable bonds is 6. The molecule has 0 saturated heterocycles. The van der Waals surface area contributed by atoms with Crippen molar-refractivity contribution in [1.82, 2.24) is 20.1 Å². The van der Waals surface area contributed by atoms with E-state index in [9.17, 15) is 9.59 Å². The Bertz CT molecular complexity index is 1050. The van der Waals surface area contributed by atoms with E-state index in [-0.39, 0.29) is 5.91 Å². The lowest BCUT2D eigenvalue weighted by Crippen LogP contribution is -2.36. The Morgan fingerprint density at radius 2 is 2.07 bits per heavy atom. The van der Waals surface area contributed by atoms with E-state index in [1.807, 2.05) is 0 Å². The molecular weight excluding hydrogens is 372 g/mol. The Balaban J connectivity index is 1.37. The summed E-state index contributed by atoms with van der Waals surface area (Å²) in [6, 6.07) is 8.59. The van der Waals surface area contributed by atoms with Crippen molar-refractivity contribution in [3.05, 3.63) is 52.9 Å². The molecule has 1 aliphatic carbocycles. The first-order valence-corrected chi connectivity index (χ1v) is 9.97. The van der Waals surface area contributed by atoms with E-state index in [1.54, 1.807) is 37.5 Å². The number of fused-ring (bicyclic) bond motifs is 1. The molecule has 3 aromatic rings. The molecule has 2 heterocycles. The topological polar surface area (TPSA) is 99.2 Å². The molecule has 1 amide bonds. The van der Waals surface area contributed by atoms with Gasteiger partial charge in [0.15, 0.2) is 11.9 Å². The van der Waals surface area contributed by atoms with E-state index in [4.69, 9.17) is 9.15 Å². The van der Waals surface area contributed by atoms with Gasteiger partial charge in [0.25, 0.3) is 5.91 Å². The van der Waals surface area contributed by atoms with Gasteiger partial charge in [-0.2, -0.15) is 0 Å². The zero-order valence-corrected chi connectivity index (χ0v) is 16.3. The van der Waals surface area contributed by atoms with Crippen molar-refractivity contribution in [3.63, 3.8) is 0 Å². The number of benzene rings is 1. The summed E-state index contributed by atoms with van der Waals surface area (Å²) in [4.78, 5) is 23.9. The fourth-order valence-corrected chi connectivity index (χ4v) is 3.74. The molecule has 1 aliphatic rings. The first kappa shape index (κ1) is 19.2. The first-order chi connectivity index (χ1) is 14.1. The third kappa shape index (κ3) is 4.47. The van der Waals surface area contributed by atoms with Crippen LogP contribution in [-0.4, -0.2) is 26.8 Å². The predicted octanol–water partition coefficient (Wildman–Crippen LogP) is 2.97. The minimum Gasteiger partial charge on any atom is -0.481 e.